The van der Waals surface area contributed by atoms with Crippen LogP contribution >= 0.6 is 0 Å². The molecule has 0 radical (unpaired) electrons. The molecule has 7 heteroatoms. The van der Waals surface area contributed by atoms with Gasteiger partial charge >= 0.3 is 0 Å². The molecule has 0 aliphatic rings. The molecule has 118 valence electrons. The number of ether oxygens (including phenoxy) is 1. The van der Waals surface area contributed by atoms with Crippen molar-refractivity contribution in [1.29, 1.82) is 0 Å². The second-order valence-electron chi connectivity index (χ2n) is 4.60. The highest BCUT2D eigenvalue weighted by atomic mass is 16.6. The summed E-state index contributed by atoms with van der Waals surface area (Å²) in [4.78, 5) is 12.2. The summed E-state index contributed by atoms with van der Waals surface area (Å²) in [5.41, 5.74) is 0.0181. The molecule has 0 saturated heterocycles. The molecule has 0 aliphatic carbocycles. The van der Waals surface area contributed by atoms with E-state index in [9.17, 15) is 10.1 Å². The van der Waals surface area contributed by atoms with Crippen LogP contribution in [0.5, 0.6) is 5.75 Å². The molecule has 0 amide bonds. The summed E-state index contributed by atoms with van der Waals surface area (Å²) in [5.74, 6) is 0.492. The predicted molar refractivity (Wildman–Crippen MR) is 78.4 cm³/mol. The molecule has 7 nitrogen and oxygen atoms in total. The van der Waals surface area contributed by atoms with Crippen molar-refractivity contribution in [3.8, 4) is 5.75 Å². The van der Waals surface area contributed by atoms with Gasteiger partial charge in [0.1, 0.15) is 5.75 Å². The Hall–Kier alpha value is -1.70. The third kappa shape index (κ3) is 7.03. The molecule has 0 spiro atoms. The molecule has 2 N–H and O–H groups in total. The van der Waals surface area contributed by atoms with Crippen molar-refractivity contribution in [2.45, 2.75) is 12.8 Å². The lowest BCUT2D eigenvalue weighted by Crippen LogP contribution is -2.31. The van der Waals surface area contributed by atoms with Crippen LogP contribution in [-0.4, -0.2) is 59.5 Å². The van der Waals surface area contributed by atoms with Crippen molar-refractivity contribution >= 4 is 5.69 Å². The highest BCUT2D eigenvalue weighted by Gasteiger charge is 2.06. The van der Waals surface area contributed by atoms with Crippen LogP contribution < -0.4 is 4.74 Å². The number of nitro groups is 1. The third-order valence-electron chi connectivity index (χ3n) is 3.00. The first-order chi connectivity index (χ1) is 10.2. The lowest BCUT2D eigenvalue weighted by molar-refractivity contribution is -0.384. The van der Waals surface area contributed by atoms with E-state index in [1.54, 1.807) is 12.1 Å². The summed E-state index contributed by atoms with van der Waals surface area (Å²) in [7, 11) is 0. The second kappa shape index (κ2) is 10.1. The van der Waals surface area contributed by atoms with Crippen LogP contribution in [0.15, 0.2) is 24.3 Å². The highest BCUT2D eigenvalue weighted by molar-refractivity contribution is 5.37. The molecule has 0 fully saturated rings. The molecule has 1 aromatic rings. The van der Waals surface area contributed by atoms with Crippen LogP contribution in [0.2, 0.25) is 0 Å². The Balaban J connectivity index is 2.24. The third-order valence-corrected chi connectivity index (χ3v) is 3.00. The largest absolute Gasteiger partial charge is 0.493 e. The number of unbranched alkanes of at least 4 members (excludes halogenated alkanes) is 1. The number of hydrogen-bond donors (Lipinski definition) is 2. The monoisotopic (exact) mass is 298 g/mol. The first kappa shape index (κ1) is 17.4. The van der Waals surface area contributed by atoms with E-state index in [0.29, 0.717) is 25.4 Å². The van der Waals surface area contributed by atoms with Gasteiger partial charge in [-0.1, -0.05) is 6.07 Å². The number of nitro benzene ring substituents is 1. The molecule has 1 rings (SSSR count). The Morgan fingerprint density at radius 1 is 1.14 bits per heavy atom. The van der Waals surface area contributed by atoms with Gasteiger partial charge in [-0.2, -0.15) is 0 Å². The van der Waals surface area contributed by atoms with Crippen molar-refractivity contribution in [2.24, 2.45) is 0 Å². The smallest absolute Gasteiger partial charge is 0.273 e. The van der Waals surface area contributed by atoms with Gasteiger partial charge in [-0.05, 0) is 25.5 Å². The van der Waals surface area contributed by atoms with Crippen LogP contribution in [0.25, 0.3) is 0 Å². The van der Waals surface area contributed by atoms with Crippen LogP contribution in [0.1, 0.15) is 12.8 Å². The maximum absolute atomic E-state index is 10.6. The molecule has 0 atom stereocenters. The molecular formula is C14H22N2O5. The van der Waals surface area contributed by atoms with E-state index in [1.807, 2.05) is 4.90 Å². The van der Waals surface area contributed by atoms with E-state index >= 15 is 0 Å². The lowest BCUT2D eigenvalue weighted by atomic mass is 10.3. The van der Waals surface area contributed by atoms with E-state index in [4.69, 9.17) is 14.9 Å². The Morgan fingerprint density at radius 2 is 1.86 bits per heavy atom. The summed E-state index contributed by atoms with van der Waals surface area (Å²) in [6.45, 7) is 2.50. The summed E-state index contributed by atoms with van der Waals surface area (Å²) in [6.07, 6.45) is 1.67. The van der Waals surface area contributed by atoms with E-state index in [0.717, 1.165) is 19.4 Å². The summed E-state index contributed by atoms with van der Waals surface area (Å²) in [5, 5.41) is 28.4. The first-order valence-electron chi connectivity index (χ1n) is 6.98. The standard InChI is InChI=1S/C14H22N2O5/c17-9-7-15(8-10-18)6-1-2-11-21-14-5-3-4-13(12-14)16(19)20/h3-5,12,17-18H,1-2,6-11H2. The SMILES string of the molecule is O=[N+]([O-])c1cccc(OCCCCN(CCO)CCO)c1. The molecule has 0 saturated carbocycles. The Morgan fingerprint density at radius 3 is 2.48 bits per heavy atom. The topological polar surface area (TPSA) is 96.1 Å². The quantitative estimate of drug-likeness (QED) is 0.360. The summed E-state index contributed by atoms with van der Waals surface area (Å²) in [6, 6.07) is 6.12. The van der Waals surface area contributed by atoms with Crippen molar-refractivity contribution in [1.82, 2.24) is 4.90 Å². The van der Waals surface area contributed by atoms with Gasteiger partial charge in [0.25, 0.3) is 5.69 Å². The predicted octanol–water partition coefficient (Wildman–Crippen LogP) is 1.04. The molecule has 0 aromatic heterocycles. The van der Waals surface area contributed by atoms with Crippen LogP contribution in [-0.2, 0) is 0 Å². The minimum absolute atomic E-state index is 0.0181. The highest BCUT2D eigenvalue weighted by Crippen LogP contribution is 2.19. The maximum atomic E-state index is 10.6. The van der Waals surface area contributed by atoms with E-state index < -0.39 is 4.92 Å². The number of benzene rings is 1. The molecule has 1 aromatic carbocycles. The fourth-order valence-electron chi connectivity index (χ4n) is 1.93. The maximum Gasteiger partial charge on any atom is 0.273 e. The Kier molecular flexibility index (Phi) is 8.34. The van der Waals surface area contributed by atoms with Gasteiger partial charge in [0.2, 0.25) is 0 Å². The van der Waals surface area contributed by atoms with Gasteiger partial charge < -0.3 is 14.9 Å². The van der Waals surface area contributed by atoms with Crippen LogP contribution in [0.3, 0.4) is 0 Å². The second-order valence-corrected chi connectivity index (χ2v) is 4.60. The van der Waals surface area contributed by atoms with E-state index in [-0.39, 0.29) is 18.9 Å². The van der Waals surface area contributed by atoms with Gasteiger partial charge in [-0.25, -0.2) is 0 Å². The fraction of sp³-hybridized carbons (Fsp3) is 0.571. The number of nitrogens with zero attached hydrogens (tertiary/aromatic N) is 2. The Labute approximate surface area is 123 Å². The minimum atomic E-state index is -0.450. The van der Waals surface area contributed by atoms with Crippen molar-refractivity contribution in [3.05, 3.63) is 34.4 Å². The van der Waals surface area contributed by atoms with Gasteiger partial charge in [-0.15, -0.1) is 0 Å². The summed E-state index contributed by atoms with van der Waals surface area (Å²) < 4.78 is 5.48. The number of rotatable bonds is 11. The fourth-order valence-corrected chi connectivity index (χ4v) is 1.93. The average Bonchev–Trinajstić information content (AvgIpc) is 2.47. The number of non-ortho nitro benzene ring substituents is 1. The molecule has 0 heterocycles. The number of aliphatic hydroxyl groups is 2. The normalized spacial score (nSPS) is 10.8. The number of aliphatic hydroxyl groups excluding tert-OH is 2. The molecular weight excluding hydrogens is 276 g/mol. The van der Waals surface area contributed by atoms with Gasteiger partial charge in [-0.3, -0.25) is 15.0 Å². The first-order valence-corrected chi connectivity index (χ1v) is 6.98. The molecule has 0 unspecified atom stereocenters. The average molecular weight is 298 g/mol. The molecule has 21 heavy (non-hydrogen) atoms. The number of hydrogen-bond acceptors (Lipinski definition) is 6. The van der Waals surface area contributed by atoms with Crippen LogP contribution in [0, 0.1) is 10.1 Å². The zero-order valence-electron chi connectivity index (χ0n) is 12.0. The van der Waals surface area contributed by atoms with Gasteiger partial charge in [0.15, 0.2) is 0 Å². The zero-order chi connectivity index (χ0) is 15.5. The summed E-state index contributed by atoms with van der Waals surface area (Å²) >= 11 is 0. The van der Waals surface area contributed by atoms with Gasteiger partial charge in [0, 0.05) is 19.2 Å². The Bertz CT molecular complexity index is 422. The van der Waals surface area contributed by atoms with Gasteiger partial charge in [0.05, 0.1) is 30.8 Å². The van der Waals surface area contributed by atoms with Crippen molar-refractivity contribution in [3.63, 3.8) is 0 Å². The zero-order valence-corrected chi connectivity index (χ0v) is 12.0. The van der Waals surface area contributed by atoms with E-state index in [2.05, 4.69) is 0 Å². The van der Waals surface area contributed by atoms with Crippen molar-refractivity contribution < 1.29 is 19.9 Å². The minimum Gasteiger partial charge on any atom is -0.493 e. The molecule has 0 bridgehead atoms. The van der Waals surface area contributed by atoms with Crippen LogP contribution in [0.4, 0.5) is 5.69 Å². The van der Waals surface area contributed by atoms with E-state index in [1.165, 1.54) is 12.1 Å². The van der Waals surface area contributed by atoms with Crippen molar-refractivity contribution in [2.75, 3.05) is 39.5 Å². The lowest BCUT2D eigenvalue weighted by Gasteiger charge is -2.19. The molecule has 0 aliphatic heterocycles.